The second-order valence-corrected chi connectivity index (χ2v) is 6.83. The lowest BCUT2D eigenvalue weighted by Gasteiger charge is -2.22. The lowest BCUT2D eigenvalue weighted by Crippen LogP contribution is -2.36. The van der Waals surface area contributed by atoms with Crippen molar-refractivity contribution in [2.24, 2.45) is 0 Å². The van der Waals surface area contributed by atoms with Crippen LogP contribution >= 0.6 is 11.3 Å². The number of hydrogen-bond acceptors (Lipinski definition) is 5. The standard InChI is InChI=1S/C20H14F2N2O3S/c21-14-6-3-8-17-13(14)11-18(28-17)20(26)27-12-19(25)24(10-4-9-23)16-7-2-1-5-15(16)22/h1-3,5-8,11H,4,10,12H2. The van der Waals surface area contributed by atoms with Crippen LogP contribution in [0.25, 0.3) is 10.1 Å². The average molecular weight is 400 g/mol. The molecule has 0 N–H and O–H groups in total. The van der Waals surface area contributed by atoms with E-state index >= 15 is 0 Å². The fourth-order valence-electron chi connectivity index (χ4n) is 2.61. The van der Waals surface area contributed by atoms with Crippen molar-refractivity contribution in [3.63, 3.8) is 0 Å². The van der Waals surface area contributed by atoms with E-state index in [1.807, 2.05) is 6.07 Å². The molecule has 1 heterocycles. The molecule has 0 saturated heterocycles. The number of para-hydroxylation sites is 1. The van der Waals surface area contributed by atoms with Crippen LogP contribution in [-0.2, 0) is 9.53 Å². The monoisotopic (exact) mass is 400 g/mol. The maximum absolute atomic E-state index is 14.0. The summed E-state index contributed by atoms with van der Waals surface area (Å²) in [5.41, 5.74) is 0.00253. The Labute approximate surface area is 163 Å². The molecule has 1 amide bonds. The number of fused-ring (bicyclic) bond motifs is 1. The number of thiophene rings is 1. The molecule has 1 aromatic heterocycles. The average Bonchev–Trinajstić information content (AvgIpc) is 3.13. The molecule has 0 atom stereocenters. The molecule has 0 aliphatic heterocycles. The van der Waals surface area contributed by atoms with Gasteiger partial charge in [-0.05, 0) is 30.3 Å². The number of ether oxygens (including phenoxy) is 1. The number of rotatable bonds is 6. The summed E-state index contributed by atoms with van der Waals surface area (Å²) >= 11 is 1.05. The van der Waals surface area contributed by atoms with Crippen molar-refractivity contribution in [3.05, 3.63) is 65.0 Å². The Morgan fingerprint density at radius 3 is 2.57 bits per heavy atom. The first-order chi connectivity index (χ1) is 13.5. The van der Waals surface area contributed by atoms with Gasteiger partial charge in [0.1, 0.15) is 16.5 Å². The van der Waals surface area contributed by atoms with Crippen LogP contribution in [0.4, 0.5) is 14.5 Å². The summed E-state index contributed by atoms with van der Waals surface area (Å²) in [5, 5.41) is 9.07. The zero-order valence-electron chi connectivity index (χ0n) is 14.5. The Morgan fingerprint density at radius 1 is 1.11 bits per heavy atom. The van der Waals surface area contributed by atoms with Crippen LogP contribution in [-0.4, -0.2) is 25.0 Å². The Balaban J connectivity index is 1.72. The Bertz CT molecular complexity index is 1070. The molecule has 0 spiro atoms. The van der Waals surface area contributed by atoms with Gasteiger partial charge in [0.05, 0.1) is 18.2 Å². The van der Waals surface area contributed by atoms with Gasteiger partial charge in [0, 0.05) is 16.6 Å². The summed E-state index contributed by atoms with van der Waals surface area (Å²) < 4.78 is 33.4. The van der Waals surface area contributed by atoms with Gasteiger partial charge in [0.2, 0.25) is 0 Å². The molecule has 0 aliphatic carbocycles. The molecular formula is C20H14F2N2O3S. The molecule has 0 fully saturated rings. The third-order valence-electron chi connectivity index (χ3n) is 3.93. The maximum atomic E-state index is 14.0. The van der Waals surface area contributed by atoms with Crippen LogP contribution in [0.1, 0.15) is 16.1 Å². The van der Waals surface area contributed by atoms with E-state index in [1.165, 1.54) is 36.4 Å². The summed E-state index contributed by atoms with van der Waals surface area (Å²) in [6.07, 6.45) is -0.0103. The predicted octanol–water partition coefficient (Wildman–Crippen LogP) is 4.28. The van der Waals surface area contributed by atoms with Crippen molar-refractivity contribution < 1.29 is 23.1 Å². The van der Waals surface area contributed by atoms with Crippen molar-refractivity contribution in [2.45, 2.75) is 6.42 Å². The number of anilines is 1. The second kappa shape index (κ2) is 8.59. The molecule has 28 heavy (non-hydrogen) atoms. The number of nitrogens with zero attached hydrogens (tertiary/aromatic N) is 2. The minimum atomic E-state index is -0.775. The van der Waals surface area contributed by atoms with Crippen LogP contribution < -0.4 is 4.90 Å². The first-order valence-corrected chi connectivity index (χ1v) is 9.10. The summed E-state index contributed by atoms with van der Waals surface area (Å²) in [6, 6.07) is 13.4. The van der Waals surface area contributed by atoms with Gasteiger partial charge >= 0.3 is 5.97 Å². The zero-order valence-corrected chi connectivity index (χ0v) is 15.3. The van der Waals surface area contributed by atoms with Crippen molar-refractivity contribution >= 4 is 39.0 Å². The molecule has 0 radical (unpaired) electrons. The van der Waals surface area contributed by atoms with E-state index in [4.69, 9.17) is 10.00 Å². The van der Waals surface area contributed by atoms with Gasteiger partial charge in [-0.1, -0.05) is 18.2 Å². The Morgan fingerprint density at radius 2 is 1.86 bits per heavy atom. The maximum Gasteiger partial charge on any atom is 0.348 e. The van der Waals surface area contributed by atoms with Gasteiger partial charge < -0.3 is 9.64 Å². The first-order valence-electron chi connectivity index (χ1n) is 8.28. The smallest absolute Gasteiger partial charge is 0.348 e. The molecule has 0 saturated carbocycles. The molecule has 8 heteroatoms. The molecule has 0 aliphatic rings. The minimum Gasteiger partial charge on any atom is -0.451 e. The van der Waals surface area contributed by atoms with Gasteiger partial charge in [-0.25, -0.2) is 13.6 Å². The second-order valence-electron chi connectivity index (χ2n) is 5.74. The first kappa shape index (κ1) is 19.5. The van der Waals surface area contributed by atoms with Crippen LogP contribution in [0.3, 0.4) is 0 Å². The van der Waals surface area contributed by atoms with Crippen LogP contribution in [0.15, 0.2) is 48.5 Å². The molecule has 2 aromatic carbocycles. The normalized spacial score (nSPS) is 10.5. The summed E-state index contributed by atoms with van der Waals surface area (Å²) in [7, 11) is 0. The van der Waals surface area contributed by atoms with Gasteiger partial charge in [0.25, 0.3) is 5.91 Å². The fourth-order valence-corrected chi connectivity index (χ4v) is 3.58. The van der Waals surface area contributed by atoms with Gasteiger partial charge in [0.15, 0.2) is 6.61 Å². The number of amides is 1. The quantitative estimate of drug-likeness (QED) is 0.579. The molecule has 0 unspecified atom stereocenters. The van der Waals surface area contributed by atoms with Crippen LogP contribution in [0.5, 0.6) is 0 Å². The van der Waals surface area contributed by atoms with Crippen molar-refractivity contribution in [3.8, 4) is 6.07 Å². The van der Waals surface area contributed by atoms with E-state index in [1.54, 1.807) is 12.1 Å². The molecule has 3 aromatic rings. The van der Waals surface area contributed by atoms with Gasteiger partial charge in [-0.3, -0.25) is 4.79 Å². The molecule has 5 nitrogen and oxygen atoms in total. The number of hydrogen-bond donors (Lipinski definition) is 0. The van der Waals surface area contributed by atoms with Crippen LogP contribution in [0, 0.1) is 23.0 Å². The van der Waals surface area contributed by atoms with E-state index in [2.05, 4.69) is 0 Å². The zero-order chi connectivity index (χ0) is 20.1. The summed E-state index contributed by atoms with van der Waals surface area (Å²) in [4.78, 5) is 25.9. The van der Waals surface area contributed by atoms with E-state index in [0.717, 1.165) is 16.2 Å². The van der Waals surface area contributed by atoms with E-state index in [-0.39, 0.29) is 23.5 Å². The minimum absolute atomic E-state index is 0.00253. The number of esters is 1. The molecule has 3 rings (SSSR count). The van der Waals surface area contributed by atoms with E-state index in [9.17, 15) is 18.4 Å². The topological polar surface area (TPSA) is 70.4 Å². The lowest BCUT2D eigenvalue weighted by molar-refractivity contribution is -0.121. The third kappa shape index (κ3) is 4.15. The largest absolute Gasteiger partial charge is 0.451 e. The predicted molar refractivity (Wildman–Crippen MR) is 101 cm³/mol. The number of nitriles is 1. The highest BCUT2D eigenvalue weighted by Crippen LogP contribution is 2.28. The van der Waals surface area contributed by atoms with E-state index < -0.39 is 30.1 Å². The van der Waals surface area contributed by atoms with Crippen molar-refractivity contribution in [1.29, 1.82) is 5.26 Å². The van der Waals surface area contributed by atoms with Gasteiger partial charge in [-0.15, -0.1) is 11.3 Å². The number of benzene rings is 2. The number of carbonyl (C=O) groups is 2. The highest BCUT2D eigenvalue weighted by molar-refractivity contribution is 7.20. The number of carbonyl (C=O) groups excluding carboxylic acids is 2. The molecular weight excluding hydrogens is 386 g/mol. The number of halogens is 2. The van der Waals surface area contributed by atoms with E-state index in [0.29, 0.717) is 10.1 Å². The highest BCUT2D eigenvalue weighted by atomic mass is 32.1. The van der Waals surface area contributed by atoms with Crippen molar-refractivity contribution in [1.82, 2.24) is 0 Å². The van der Waals surface area contributed by atoms with Crippen molar-refractivity contribution in [2.75, 3.05) is 18.1 Å². The lowest BCUT2D eigenvalue weighted by atomic mass is 10.2. The van der Waals surface area contributed by atoms with Gasteiger partial charge in [-0.2, -0.15) is 5.26 Å². The van der Waals surface area contributed by atoms with Crippen LogP contribution in [0.2, 0.25) is 0 Å². The SMILES string of the molecule is N#CCCN(C(=O)COC(=O)c1cc2c(F)cccc2s1)c1ccccc1F. The fraction of sp³-hybridized carbons (Fsp3) is 0.150. The third-order valence-corrected chi connectivity index (χ3v) is 5.01. The Hall–Kier alpha value is -3.31. The summed E-state index contributed by atoms with van der Waals surface area (Å²) in [6.45, 7) is -0.669. The summed E-state index contributed by atoms with van der Waals surface area (Å²) in [5.74, 6) is -2.52. The molecule has 142 valence electrons. The highest BCUT2D eigenvalue weighted by Gasteiger charge is 2.21. The Kier molecular flexibility index (Phi) is 5.96. The molecule has 0 bridgehead atoms.